The van der Waals surface area contributed by atoms with Crippen LogP contribution in [0.25, 0.3) is 5.70 Å². The van der Waals surface area contributed by atoms with Crippen molar-refractivity contribution in [3.63, 3.8) is 0 Å². The van der Waals surface area contributed by atoms with Crippen molar-refractivity contribution in [3.8, 4) is 0 Å². The van der Waals surface area contributed by atoms with E-state index in [1.807, 2.05) is 0 Å². The second-order valence-corrected chi connectivity index (χ2v) is 4.76. The maximum Gasteiger partial charge on any atom is 0.332 e. The van der Waals surface area contributed by atoms with E-state index in [1.54, 1.807) is 32.2 Å². The number of ether oxygens (including phenoxy) is 1. The van der Waals surface area contributed by atoms with E-state index in [2.05, 4.69) is 0 Å². The highest BCUT2D eigenvalue weighted by Crippen LogP contribution is 2.30. The highest BCUT2D eigenvalue weighted by Gasteiger charge is 2.29. The van der Waals surface area contributed by atoms with Gasteiger partial charge in [0.1, 0.15) is 17.7 Å². The van der Waals surface area contributed by atoms with Crippen LogP contribution in [-0.4, -0.2) is 31.1 Å². The Morgan fingerprint density at radius 1 is 1.38 bits per heavy atom. The number of benzene rings is 1. The molecule has 112 valence electrons. The topological polar surface area (TPSA) is 29.5 Å². The van der Waals surface area contributed by atoms with Gasteiger partial charge in [0.15, 0.2) is 0 Å². The highest BCUT2D eigenvalue weighted by atomic mass is 19.1. The number of halogens is 2. The van der Waals surface area contributed by atoms with Crippen LogP contribution in [-0.2, 0) is 16.0 Å². The third kappa shape index (κ3) is 2.68. The first-order valence-corrected chi connectivity index (χ1v) is 6.67. The Morgan fingerprint density at radius 3 is 2.71 bits per heavy atom. The Hall–Kier alpha value is -2.17. The minimum absolute atomic E-state index is 0.116. The van der Waals surface area contributed by atoms with Crippen molar-refractivity contribution in [2.24, 2.45) is 0 Å². The highest BCUT2D eigenvalue weighted by molar-refractivity contribution is 5.82. The molecular formula is C16H17F2NO2. The third-order valence-corrected chi connectivity index (χ3v) is 3.60. The number of carbonyl (C=O) groups excluding carboxylic acids is 1. The molecule has 5 heteroatoms. The molecule has 0 radical (unpaired) electrons. The minimum Gasteiger partial charge on any atom is -0.467 e. The van der Waals surface area contributed by atoms with Crippen LogP contribution in [0.4, 0.5) is 8.78 Å². The van der Waals surface area contributed by atoms with Gasteiger partial charge in [-0.2, -0.15) is 0 Å². The molecular weight excluding hydrogens is 276 g/mol. The fourth-order valence-electron chi connectivity index (χ4n) is 2.37. The van der Waals surface area contributed by atoms with Crippen LogP contribution in [0.3, 0.4) is 0 Å². The van der Waals surface area contributed by atoms with E-state index in [-0.39, 0.29) is 5.56 Å². The van der Waals surface area contributed by atoms with Gasteiger partial charge in [0.2, 0.25) is 0 Å². The molecule has 0 saturated heterocycles. The molecule has 0 N–H and O–H groups in total. The molecule has 2 rings (SSSR count). The van der Waals surface area contributed by atoms with E-state index in [0.717, 1.165) is 0 Å². The zero-order valence-electron chi connectivity index (χ0n) is 12.2. The van der Waals surface area contributed by atoms with E-state index in [0.29, 0.717) is 17.7 Å². The molecule has 1 aliphatic rings. The van der Waals surface area contributed by atoms with Crippen LogP contribution in [0, 0.1) is 11.6 Å². The lowest BCUT2D eigenvalue weighted by Crippen LogP contribution is -2.38. The predicted molar refractivity (Wildman–Crippen MR) is 76.4 cm³/mol. The molecule has 1 heterocycles. The summed E-state index contributed by atoms with van der Waals surface area (Å²) in [4.78, 5) is 13.2. The summed E-state index contributed by atoms with van der Waals surface area (Å²) in [6, 6.07) is 1.99. The molecule has 1 aromatic carbocycles. The van der Waals surface area contributed by atoms with Gasteiger partial charge in [-0.05, 0) is 24.1 Å². The lowest BCUT2D eigenvalue weighted by atomic mass is 10.0. The summed E-state index contributed by atoms with van der Waals surface area (Å²) in [5.41, 5.74) is 0.637. The molecule has 0 spiro atoms. The average Bonchev–Trinajstić information content (AvgIpc) is 2.48. The van der Waals surface area contributed by atoms with Crippen LogP contribution >= 0.6 is 0 Å². The first-order valence-electron chi connectivity index (χ1n) is 6.67. The van der Waals surface area contributed by atoms with Crippen molar-refractivity contribution in [1.29, 1.82) is 0 Å². The zero-order chi connectivity index (χ0) is 15.6. The van der Waals surface area contributed by atoms with Crippen molar-refractivity contribution in [2.75, 3.05) is 14.2 Å². The van der Waals surface area contributed by atoms with Crippen molar-refractivity contribution in [3.05, 3.63) is 53.1 Å². The van der Waals surface area contributed by atoms with Gasteiger partial charge >= 0.3 is 5.97 Å². The van der Waals surface area contributed by atoms with Gasteiger partial charge in [-0.1, -0.05) is 25.1 Å². The SMILES string of the molecule is CCc1ccc(F)c(C2=CC=CC(C(=O)OC)N2C)c1F. The number of hydrogen-bond acceptors (Lipinski definition) is 3. The molecule has 21 heavy (non-hydrogen) atoms. The molecule has 1 unspecified atom stereocenters. The van der Waals surface area contributed by atoms with Crippen LogP contribution in [0.15, 0.2) is 30.4 Å². The Labute approximate surface area is 122 Å². The van der Waals surface area contributed by atoms with Crippen molar-refractivity contribution in [2.45, 2.75) is 19.4 Å². The number of hydrogen-bond donors (Lipinski definition) is 0. The van der Waals surface area contributed by atoms with Crippen LogP contribution < -0.4 is 0 Å². The van der Waals surface area contributed by atoms with Gasteiger partial charge in [0.25, 0.3) is 0 Å². The number of esters is 1. The quantitative estimate of drug-likeness (QED) is 0.803. The van der Waals surface area contributed by atoms with Gasteiger partial charge in [-0.15, -0.1) is 0 Å². The number of carbonyl (C=O) groups is 1. The molecule has 0 saturated carbocycles. The lowest BCUT2D eigenvalue weighted by molar-refractivity contribution is -0.143. The molecule has 1 aromatic rings. The first kappa shape index (κ1) is 15.2. The van der Waals surface area contributed by atoms with Crippen LogP contribution in [0.5, 0.6) is 0 Å². The maximum absolute atomic E-state index is 14.5. The molecule has 0 aromatic heterocycles. The monoisotopic (exact) mass is 293 g/mol. The molecule has 1 aliphatic heterocycles. The smallest absolute Gasteiger partial charge is 0.332 e. The summed E-state index contributed by atoms with van der Waals surface area (Å²) in [5.74, 6) is -1.72. The number of methoxy groups -OCH3 is 1. The fraction of sp³-hybridized carbons (Fsp3) is 0.312. The average molecular weight is 293 g/mol. The van der Waals surface area contributed by atoms with Crippen LogP contribution in [0.2, 0.25) is 0 Å². The molecule has 0 bridgehead atoms. The largest absolute Gasteiger partial charge is 0.467 e. The van der Waals surface area contributed by atoms with Gasteiger partial charge in [0.05, 0.1) is 18.4 Å². The van der Waals surface area contributed by atoms with Crippen LogP contribution in [0.1, 0.15) is 18.1 Å². The second kappa shape index (κ2) is 6.08. The summed E-state index contributed by atoms with van der Waals surface area (Å²) in [5, 5.41) is 0. The van der Waals surface area contributed by atoms with Gasteiger partial charge in [-0.3, -0.25) is 0 Å². The standard InChI is InChI=1S/C16H17F2NO2/c1-4-10-8-9-11(17)14(15(10)18)12-6-5-7-13(19(12)2)16(20)21-3/h5-9,13H,4H2,1-3H3. The van der Waals surface area contributed by atoms with Crippen molar-refractivity contribution in [1.82, 2.24) is 4.90 Å². The molecule has 0 aliphatic carbocycles. The Kier molecular flexibility index (Phi) is 4.40. The number of likely N-dealkylation sites (N-methyl/N-ethyl adjacent to an activating group) is 1. The Balaban J connectivity index is 2.50. The second-order valence-electron chi connectivity index (χ2n) is 4.76. The minimum atomic E-state index is -0.695. The number of nitrogens with zero attached hydrogens (tertiary/aromatic N) is 1. The van der Waals surface area contributed by atoms with Crippen molar-refractivity contribution < 1.29 is 18.3 Å². The Morgan fingerprint density at radius 2 is 2.10 bits per heavy atom. The van der Waals surface area contributed by atoms with E-state index in [9.17, 15) is 13.6 Å². The Bertz CT molecular complexity index is 623. The predicted octanol–water partition coefficient (Wildman–Crippen LogP) is 2.91. The molecule has 1 atom stereocenters. The first-order chi connectivity index (χ1) is 10.0. The summed E-state index contributed by atoms with van der Waals surface area (Å²) < 4.78 is 33.2. The molecule has 0 fully saturated rings. The van der Waals surface area contributed by atoms with E-state index in [4.69, 9.17) is 4.74 Å². The fourth-order valence-corrected chi connectivity index (χ4v) is 2.37. The normalized spacial score (nSPS) is 17.7. The number of allylic oxidation sites excluding steroid dienone is 2. The summed E-state index contributed by atoms with van der Waals surface area (Å²) in [7, 11) is 2.88. The van der Waals surface area contributed by atoms with E-state index < -0.39 is 23.6 Å². The van der Waals surface area contributed by atoms with Crippen molar-refractivity contribution >= 4 is 11.7 Å². The van der Waals surface area contributed by atoms with E-state index >= 15 is 0 Å². The maximum atomic E-state index is 14.5. The zero-order valence-corrected chi connectivity index (χ0v) is 12.2. The summed E-state index contributed by atoms with van der Waals surface area (Å²) in [6.45, 7) is 1.80. The summed E-state index contributed by atoms with van der Waals surface area (Å²) >= 11 is 0. The van der Waals surface area contributed by atoms with Gasteiger partial charge < -0.3 is 9.64 Å². The van der Waals surface area contributed by atoms with Gasteiger partial charge in [0, 0.05) is 7.05 Å². The molecule has 3 nitrogen and oxygen atoms in total. The molecule has 0 amide bonds. The summed E-state index contributed by atoms with van der Waals surface area (Å²) in [6.07, 6.45) is 5.27. The van der Waals surface area contributed by atoms with Gasteiger partial charge in [-0.25, -0.2) is 13.6 Å². The number of aryl methyl sites for hydroxylation is 1. The number of rotatable bonds is 3. The third-order valence-electron chi connectivity index (χ3n) is 3.60. The lowest BCUT2D eigenvalue weighted by Gasteiger charge is -2.31. The van der Waals surface area contributed by atoms with E-state index in [1.165, 1.54) is 24.1 Å².